The van der Waals surface area contributed by atoms with Crippen LogP contribution in [0.3, 0.4) is 0 Å². The van der Waals surface area contributed by atoms with Gasteiger partial charge in [-0.1, -0.05) is 18.2 Å². The lowest BCUT2D eigenvalue weighted by molar-refractivity contribution is -0.119. The van der Waals surface area contributed by atoms with Crippen molar-refractivity contribution < 1.29 is 14.3 Å². The third kappa shape index (κ3) is 5.17. The van der Waals surface area contributed by atoms with Crippen LogP contribution in [0.1, 0.15) is 10.5 Å². The molecule has 6 nitrogen and oxygen atoms in total. The molecule has 0 fully saturated rings. The second-order valence-electron chi connectivity index (χ2n) is 5.08. The second kappa shape index (κ2) is 9.32. The van der Waals surface area contributed by atoms with Crippen molar-refractivity contribution in [2.75, 3.05) is 17.7 Å². The number of nitriles is 1. The highest BCUT2D eigenvalue weighted by atomic mass is 32.2. The lowest BCUT2D eigenvalue weighted by Gasteiger charge is -2.09. The number of thiophene rings is 1. The van der Waals surface area contributed by atoms with Crippen LogP contribution in [0.4, 0.5) is 5.69 Å². The van der Waals surface area contributed by atoms with Crippen LogP contribution in [-0.4, -0.2) is 29.2 Å². The molecular weight excluding hydrogens is 402 g/mol. The van der Waals surface area contributed by atoms with Crippen molar-refractivity contribution in [3.63, 3.8) is 0 Å². The van der Waals surface area contributed by atoms with Crippen LogP contribution in [0.2, 0.25) is 0 Å². The Bertz CT molecular complexity index is 977. The van der Waals surface area contributed by atoms with Gasteiger partial charge < -0.3 is 10.1 Å². The molecule has 0 aliphatic heterocycles. The molecule has 0 spiro atoms. The molecule has 27 heavy (non-hydrogen) atoms. The van der Waals surface area contributed by atoms with E-state index in [2.05, 4.69) is 10.3 Å². The molecule has 0 aliphatic carbocycles. The molecular formula is C18H13N3O3S3. The molecule has 0 aliphatic rings. The highest BCUT2D eigenvalue weighted by molar-refractivity contribution is 7.99. The Kier molecular flexibility index (Phi) is 6.59. The molecule has 2 aromatic heterocycles. The highest BCUT2D eigenvalue weighted by Gasteiger charge is 2.16. The number of hydrogen-bond donors (Lipinski definition) is 1. The van der Waals surface area contributed by atoms with Gasteiger partial charge >= 0.3 is 5.97 Å². The van der Waals surface area contributed by atoms with E-state index in [1.165, 1.54) is 34.4 Å². The van der Waals surface area contributed by atoms with Crippen LogP contribution in [0.15, 0.2) is 52.1 Å². The summed E-state index contributed by atoms with van der Waals surface area (Å²) in [7, 11) is 0. The summed E-state index contributed by atoms with van der Waals surface area (Å²) in [6.45, 7) is -0.415. The molecule has 0 saturated heterocycles. The summed E-state index contributed by atoms with van der Waals surface area (Å²) in [5, 5.41) is 15.7. The lowest BCUT2D eigenvalue weighted by Crippen LogP contribution is -2.21. The number of thiazole rings is 1. The molecule has 0 saturated carbocycles. The van der Waals surface area contributed by atoms with Crippen LogP contribution < -0.4 is 5.32 Å². The Morgan fingerprint density at radius 2 is 2.07 bits per heavy atom. The summed E-state index contributed by atoms with van der Waals surface area (Å²) in [5.74, 6) is -0.823. The topological polar surface area (TPSA) is 92.1 Å². The van der Waals surface area contributed by atoms with E-state index in [1.54, 1.807) is 17.5 Å². The summed E-state index contributed by atoms with van der Waals surface area (Å²) in [6, 6.07) is 13.0. The lowest BCUT2D eigenvalue weighted by atomic mass is 10.3. The van der Waals surface area contributed by atoms with Gasteiger partial charge in [0, 0.05) is 10.3 Å². The second-order valence-corrected chi connectivity index (χ2v) is 7.91. The summed E-state index contributed by atoms with van der Waals surface area (Å²) < 4.78 is 5.05. The van der Waals surface area contributed by atoms with Crippen molar-refractivity contribution >= 4 is 52.0 Å². The van der Waals surface area contributed by atoms with Gasteiger partial charge in [-0.3, -0.25) is 4.79 Å². The monoisotopic (exact) mass is 415 g/mol. The maximum atomic E-state index is 12.1. The first-order valence-corrected chi connectivity index (χ1v) is 10.5. The van der Waals surface area contributed by atoms with Crippen LogP contribution in [0.25, 0.3) is 9.88 Å². The number of aromatic nitrogens is 1. The maximum absolute atomic E-state index is 12.1. The first-order chi connectivity index (χ1) is 13.2. The fraction of sp³-hybridized carbons (Fsp3) is 0.111. The van der Waals surface area contributed by atoms with Gasteiger partial charge in [-0.2, -0.15) is 5.26 Å². The fourth-order valence-corrected chi connectivity index (χ4v) is 4.35. The van der Waals surface area contributed by atoms with E-state index in [0.717, 1.165) is 14.8 Å². The highest BCUT2D eigenvalue weighted by Crippen LogP contribution is 2.28. The third-order valence-corrected chi connectivity index (χ3v) is 6.05. The normalized spacial score (nSPS) is 10.2. The van der Waals surface area contributed by atoms with E-state index < -0.39 is 18.5 Å². The van der Waals surface area contributed by atoms with Gasteiger partial charge in [0.05, 0.1) is 22.4 Å². The minimum absolute atomic E-state index is 0.182. The van der Waals surface area contributed by atoms with Crippen LogP contribution in [-0.2, 0) is 9.53 Å². The zero-order chi connectivity index (χ0) is 19.1. The standard InChI is InChI=1S/C18H13N3O3S3/c19-7-9-26-14-5-2-1-4-12(14)20-16(22)10-24-18(23)13-11-27-17(21-13)15-6-3-8-25-15/h1-6,8,11H,9-10H2,(H,20,22). The van der Waals surface area contributed by atoms with Gasteiger partial charge in [-0.05, 0) is 23.6 Å². The fourth-order valence-electron chi connectivity index (χ4n) is 2.08. The van der Waals surface area contributed by atoms with E-state index in [9.17, 15) is 9.59 Å². The van der Waals surface area contributed by atoms with E-state index >= 15 is 0 Å². The van der Waals surface area contributed by atoms with Gasteiger partial charge in [-0.15, -0.1) is 34.4 Å². The number of benzene rings is 1. The number of ether oxygens (including phenoxy) is 1. The number of hydrogen-bond acceptors (Lipinski definition) is 8. The Labute approximate surface area is 167 Å². The molecule has 1 N–H and O–H groups in total. The minimum atomic E-state index is -0.642. The van der Waals surface area contributed by atoms with Crippen molar-refractivity contribution in [2.24, 2.45) is 0 Å². The van der Waals surface area contributed by atoms with Gasteiger partial charge in [-0.25, -0.2) is 9.78 Å². The first kappa shape index (κ1) is 19.1. The summed E-state index contributed by atoms with van der Waals surface area (Å²) in [5.41, 5.74) is 0.758. The van der Waals surface area contributed by atoms with Crippen LogP contribution in [0, 0.1) is 11.3 Å². The third-order valence-electron chi connectivity index (χ3n) is 3.23. The Hall–Kier alpha value is -2.67. The number of amides is 1. The van der Waals surface area contributed by atoms with Crippen molar-refractivity contribution in [1.82, 2.24) is 4.98 Å². The number of carbonyl (C=O) groups is 2. The summed E-state index contributed by atoms with van der Waals surface area (Å²) in [6.07, 6.45) is 0. The molecule has 136 valence electrons. The minimum Gasteiger partial charge on any atom is -0.451 e. The molecule has 2 heterocycles. The zero-order valence-electron chi connectivity index (χ0n) is 13.9. The molecule has 0 radical (unpaired) electrons. The average molecular weight is 416 g/mol. The molecule has 0 bridgehead atoms. The largest absolute Gasteiger partial charge is 0.451 e. The molecule has 9 heteroatoms. The van der Waals surface area contributed by atoms with Gasteiger partial charge in [0.2, 0.25) is 0 Å². The van der Waals surface area contributed by atoms with Gasteiger partial charge in [0.15, 0.2) is 12.3 Å². The number of esters is 1. The number of rotatable bonds is 7. The Morgan fingerprint density at radius 1 is 1.22 bits per heavy atom. The molecule has 0 unspecified atom stereocenters. The van der Waals surface area contributed by atoms with E-state index in [0.29, 0.717) is 5.69 Å². The number of nitrogens with one attached hydrogen (secondary N) is 1. The molecule has 1 amide bonds. The SMILES string of the molecule is N#CCSc1ccccc1NC(=O)COC(=O)c1csc(-c2cccs2)n1. The summed E-state index contributed by atoms with van der Waals surface area (Å²) in [4.78, 5) is 30.2. The van der Waals surface area contributed by atoms with Crippen molar-refractivity contribution in [3.8, 4) is 16.0 Å². The smallest absolute Gasteiger partial charge is 0.358 e. The first-order valence-electron chi connectivity index (χ1n) is 7.72. The van der Waals surface area contributed by atoms with Crippen molar-refractivity contribution in [2.45, 2.75) is 4.90 Å². The van der Waals surface area contributed by atoms with Crippen molar-refractivity contribution in [1.29, 1.82) is 5.26 Å². The predicted molar refractivity (Wildman–Crippen MR) is 107 cm³/mol. The average Bonchev–Trinajstić information content (AvgIpc) is 3.36. The maximum Gasteiger partial charge on any atom is 0.358 e. The molecule has 1 aromatic carbocycles. The molecule has 0 atom stereocenters. The summed E-state index contributed by atoms with van der Waals surface area (Å²) >= 11 is 4.21. The van der Waals surface area contributed by atoms with Crippen LogP contribution in [0.5, 0.6) is 0 Å². The van der Waals surface area contributed by atoms with Gasteiger partial charge in [0.1, 0.15) is 5.01 Å². The molecule has 3 aromatic rings. The Balaban J connectivity index is 1.55. The number of para-hydroxylation sites is 1. The predicted octanol–water partition coefficient (Wildman–Crippen LogP) is 4.28. The van der Waals surface area contributed by atoms with E-state index in [1.807, 2.05) is 35.7 Å². The van der Waals surface area contributed by atoms with Crippen LogP contribution >= 0.6 is 34.4 Å². The number of nitrogens with zero attached hydrogens (tertiary/aromatic N) is 2. The van der Waals surface area contributed by atoms with Crippen molar-refractivity contribution in [3.05, 3.63) is 52.9 Å². The Morgan fingerprint density at radius 3 is 2.85 bits per heavy atom. The number of thioether (sulfide) groups is 1. The molecule has 3 rings (SSSR count). The van der Waals surface area contributed by atoms with E-state index in [4.69, 9.17) is 10.00 Å². The number of carbonyl (C=O) groups excluding carboxylic acids is 2. The quantitative estimate of drug-likeness (QED) is 0.457. The van der Waals surface area contributed by atoms with E-state index in [-0.39, 0.29) is 11.4 Å². The van der Waals surface area contributed by atoms with Gasteiger partial charge in [0.25, 0.3) is 5.91 Å². The number of anilines is 1. The zero-order valence-corrected chi connectivity index (χ0v) is 16.3.